The average Bonchev–Trinajstić information content (AvgIpc) is 2.71. The van der Waals surface area contributed by atoms with Gasteiger partial charge in [-0.25, -0.2) is 0 Å². The Morgan fingerprint density at radius 1 is 1.37 bits per heavy atom. The molecule has 1 aromatic rings. The number of aromatic nitrogens is 2. The summed E-state index contributed by atoms with van der Waals surface area (Å²) in [5, 5.41) is 7.84. The molecule has 1 aromatic heterocycles. The second-order valence-electron chi connectivity index (χ2n) is 6.44. The molecule has 1 atom stereocenters. The normalized spacial score (nSPS) is 13.9. The molecule has 1 heterocycles. The largest absolute Gasteiger partial charge is 0.493 e. The molecule has 0 saturated carbocycles. The first kappa shape index (κ1) is 16.0. The van der Waals surface area contributed by atoms with Gasteiger partial charge >= 0.3 is 0 Å². The molecule has 0 spiro atoms. The third-order valence-electron chi connectivity index (χ3n) is 3.63. The Balaban J connectivity index is 2.84. The first-order valence-electron chi connectivity index (χ1n) is 7.08. The molecule has 0 aliphatic heterocycles. The van der Waals surface area contributed by atoms with Crippen molar-refractivity contribution in [1.82, 2.24) is 15.1 Å². The van der Waals surface area contributed by atoms with Crippen LogP contribution in [0.5, 0.6) is 5.75 Å². The summed E-state index contributed by atoms with van der Waals surface area (Å²) in [7, 11) is 3.75. The highest BCUT2D eigenvalue weighted by atomic mass is 16.5. The number of hydrogen-bond donors (Lipinski definition) is 1. The highest BCUT2D eigenvalue weighted by Crippen LogP contribution is 2.27. The predicted octanol–water partition coefficient (Wildman–Crippen LogP) is 3.04. The van der Waals surface area contributed by atoms with E-state index in [1.807, 2.05) is 13.2 Å². The number of methoxy groups -OCH3 is 1. The van der Waals surface area contributed by atoms with Gasteiger partial charge in [0.25, 0.3) is 0 Å². The molecule has 19 heavy (non-hydrogen) atoms. The van der Waals surface area contributed by atoms with Crippen molar-refractivity contribution < 1.29 is 4.74 Å². The summed E-state index contributed by atoms with van der Waals surface area (Å²) in [6.45, 7) is 11.1. The number of ether oxygens (including phenoxy) is 1. The maximum absolute atomic E-state index is 5.42. The van der Waals surface area contributed by atoms with Crippen molar-refractivity contribution in [2.45, 2.75) is 59.5 Å². The maximum Gasteiger partial charge on any atom is 0.159 e. The Kier molecular flexibility index (Phi) is 5.41. The Labute approximate surface area is 117 Å². The molecule has 0 aliphatic rings. The minimum absolute atomic E-state index is 0.255. The lowest BCUT2D eigenvalue weighted by atomic mass is 9.84. The van der Waals surface area contributed by atoms with Crippen LogP contribution in [-0.4, -0.2) is 30.0 Å². The van der Waals surface area contributed by atoms with Crippen LogP contribution >= 0.6 is 0 Å². The fourth-order valence-electron chi connectivity index (χ4n) is 2.52. The zero-order valence-corrected chi connectivity index (χ0v) is 13.4. The van der Waals surface area contributed by atoms with Crippen LogP contribution in [0.1, 0.15) is 52.8 Å². The van der Waals surface area contributed by atoms with Crippen molar-refractivity contribution in [3.63, 3.8) is 0 Å². The van der Waals surface area contributed by atoms with Gasteiger partial charge in [0.2, 0.25) is 0 Å². The van der Waals surface area contributed by atoms with E-state index in [-0.39, 0.29) is 5.41 Å². The van der Waals surface area contributed by atoms with Gasteiger partial charge in [0.1, 0.15) is 0 Å². The minimum atomic E-state index is 0.255. The summed E-state index contributed by atoms with van der Waals surface area (Å²) in [6, 6.07) is 0.842. The average molecular weight is 267 g/mol. The summed E-state index contributed by atoms with van der Waals surface area (Å²) in [5.74, 6) is 0.900. The van der Waals surface area contributed by atoms with Crippen LogP contribution in [0.25, 0.3) is 0 Å². The standard InChI is InChI=1S/C15H29N3O/c1-11(2)18-12(13(19-7)10-17-18)8-9-14(16-6)15(3,4)5/h10-11,14,16H,8-9H2,1-7H3. The lowest BCUT2D eigenvalue weighted by Crippen LogP contribution is -2.38. The van der Waals surface area contributed by atoms with E-state index in [0.29, 0.717) is 12.1 Å². The summed E-state index contributed by atoms with van der Waals surface area (Å²) in [6.07, 6.45) is 3.87. The van der Waals surface area contributed by atoms with E-state index in [4.69, 9.17) is 4.74 Å². The molecule has 0 aromatic carbocycles. The molecule has 0 aliphatic carbocycles. The van der Waals surface area contributed by atoms with Crippen molar-refractivity contribution in [3.8, 4) is 5.75 Å². The summed E-state index contributed by atoms with van der Waals surface area (Å²) in [4.78, 5) is 0. The second-order valence-corrected chi connectivity index (χ2v) is 6.44. The highest BCUT2D eigenvalue weighted by molar-refractivity contribution is 5.25. The Hall–Kier alpha value is -1.03. The zero-order valence-electron chi connectivity index (χ0n) is 13.4. The van der Waals surface area contributed by atoms with Gasteiger partial charge < -0.3 is 10.1 Å². The highest BCUT2D eigenvalue weighted by Gasteiger charge is 2.24. The number of rotatable bonds is 6. The van der Waals surface area contributed by atoms with Gasteiger partial charge in [0, 0.05) is 12.1 Å². The lowest BCUT2D eigenvalue weighted by molar-refractivity contribution is 0.265. The van der Waals surface area contributed by atoms with Gasteiger partial charge in [-0.2, -0.15) is 5.10 Å². The molecule has 4 nitrogen and oxygen atoms in total. The molecule has 1 unspecified atom stereocenters. The van der Waals surface area contributed by atoms with E-state index in [1.54, 1.807) is 7.11 Å². The van der Waals surface area contributed by atoms with Crippen LogP contribution in [-0.2, 0) is 6.42 Å². The smallest absolute Gasteiger partial charge is 0.159 e. The Morgan fingerprint density at radius 3 is 2.42 bits per heavy atom. The molecule has 1 N–H and O–H groups in total. The number of nitrogens with zero attached hydrogens (tertiary/aromatic N) is 2. The molecule has 110 valence electrons. The topological polar surface area (TPSA) is 39.1 Å². The van der Waals surface area contributed by atoms with Gasteiger partial charge in [-0.3, -0.25) is 4.68 Å². The van der Waals surface area contributed by atoms with Gasteiger partial charge in [0.15, 0.2) is 5.75 Å². The van der Waals surface area contributed by atoms with Crippen LogP contribution in [0.4, 0.5) is 0 Å². The fourth-order valence-corrected chi connectivity index (χ4v) is 2.52. The quantitative estimate of drug-likeness (QED) is 0.861. The van der Waals surface area contributed by atoms with E-state index >= 15 is 0 Å². The SMILES string of the molecule is CNC(CCc1c(OC)cnn1C(C)C)C(C)(C)C. The number of hydrogen-bond acceptors (Lipinski definition) is 3. The first-order chi connectivity index (χ1) is 8.81. The van der Waals surface area contributed by atoms with Gasteiger partial charge in [-0.15, -0.1) is 0 Å². The molecule has 0 saturated heterocycles. The minimum Gasteiger partial charge on any atom is -0.493 e. The van der Waals surface area contributed by atoms with E-state index in [2.05, 4.69) is 49.7 Å². The molecule has 1 rings (SSSR count). The summed E-state index contributed by atoms with van der Waals surface area (Å²) < 4.78 is 7.49. The summed E-state index contributed by atoms with van der Waals surface area (Å²) >= 11 is 0. The van der Waals surface area contributed by atoms with Crippen molar-refractivity contribution in [1.29, 1.82) is 0 Å². The van der Waals surface area contributed by atoms with Crippen LogP contribution in [0.3, 0.4) is 0 Å². The van der Waals surface area contributed by atoms with Crippen LogP contribution in [0.2, 0.25) is 0 Å². The van der Waals surface area contributed by atoms with Gasteiger partial charge in [0.05, 0.1) is 19.0 Å². The molecule has 0 fully saturated rings. The maximum atomic E-state index is 5.42. The monoisotopic (exact) mass is 267 g/mol. The van der Waals surface area contributed by atoms with Crippen LogP contribution in [0, 0.1) is 5.41 Å². The van der Waals surface area contributed by atoms with E-state index in [1.165, 1.54) is 5.69 Å². The molecular formula is C15H29N3O. The third-order valence-corrected chi connectivity index (χ3v) is 3.63. The second kappa shape index (κ2) is 6.42. The third kappa shape index (κ3) is 3.96. The van der Waals surface area contributed by atoms with Crippen molar-refractivity contribution >= 4 is 0 Å². The van der Waals surface area contributed by atoms with E-state index in [9.17, 15) is 0 Å². The molecule has 0 amide bonds. The lowest BCUT2D eigenvalue weighted by Gasteiger charge is -2.30. The molecule has 0 bridgehead atoms. The molecule has 4 heteroatoms. The van der Waals surface area contributed by atoms with Gasteiger partial charge in [-0.05, 0) is 39.2 Å². The van der Waals surface area contributed by atoms with Crippen molar-refractivity contribution in [2.24, 2.45) is 5.41 Å². The molecule has 0 radical (unpaired) electrons. The van der Waals surface area contributed by atoms with Crippen molar-refractivity contribution in [3.05, 3.63) is 11.9 Å². The fraction of sp³-hybridized carbons (Fsp3) is 0.800. The van der Waals surface area contributed by atoms with E-state index in [0.717, 1.165) is 18.6 Å². The van der Waals surface area contributed by atoms with Crippen LogP contribution < -0.4 is 10.1 Å². The summed E-state index contributed by atoms with van der Waals surface area (Å²) in [5.41, 5.74) is 1.45. The predicted molar refractivity (Wildman–Crippen MR) is 79.8 cm³/mol. The zero-order chi connectivity index (χ0) is 14.6. The van der Waals surface area contributed by atoms with Gasteiger partial charge in [-0.1, -0.05) is 20.8 Å². The first-order valence-corrected chi connectivity index (χ1v) is 7.08. The van der Waals surface area contributed by atoms with Crippen LogP contribution in [0.15, 0.2) is 6.20 Å². The number of nitrogens with one attached hydrogen (secondary N) is 1. The van der Waals surface area contributed by atoms with E-state index < -0.39 is 0 Å². The Morgan fingerprint density at radius 2 is 2.00 bits per heavy atom. The van der Waals surface area contributed by atoms with Crippen molar-refractivity contribution in [2.75, 3.05) is 14.2 Å². The Bertz CT molecular complexity index is 391. The molecular weight excluding hydrogens is 238 g/mol.